The monoisotopic (exact) mass is 518 g/mol. The molecule has 0 unspecified atom stereocenters. The molecule has 2 aromatic heterocycles. The van der Waals surface area contributed by atoms with E-state index in [4.69, 9.17) is 0 Å². The zero-order valence-corrected chi connectivity index (χ0v) is 19.1. The molecule has 4 aromatic rings. The largest absolute Gasteiger partial charge is 0.508 e. The number of carbonyl (C=O) groups excluding carboxylic acids is 1. The molecule has 6 nitrogen and oxygen atoms in total. The summed E-state index contributed by atoms with van der Waals surface area (Å²) in [7, 11) is 0. The first-order valence-corrected chi connectivity index (χ1v) is 10.6. The van der Waals surface area contributed by atoms with Crippen molar-refractivity contribution in [1.82, 2.24) is 14.8 Å². The minimum absolute atomic E-state index is 0.0645. The van der Waals surface area contributed by atoms with Gasteiger partial charge in [0.1, 0.15) is 11.4 Å². The lowest BCUT2D eigenvalue weighted by molar-refractivity contribution is -0.140. The fourth-order valence-electron chi connectivity index (χ4n) is 3.52. The lowest BCUT2D eigenvalue weighted by Crippen LogP contribution is -2.17. The van der Waals surface area contributed by atoms with Crippen LogP contribution in [0.1, 0.15) is 33.0 Å². The average molecular weight is 519 g/mol. The van der Waals surface area contributed by atoms with E-state index >= 15 is 0 Å². The van der Waals surface area contributed by atoms with Gasteiger partial charge in [-0.1, -0.05) is 28.1 Å². The first-order chi connectivity index (χ1) is 15.5. The number of fused-ring (bicyclic) bond motifs is 1. The number of phenols is 1. The Morgan fingerprint density at radius 1 is 1.12 bits per heavy atom. The van der Waals surface area contributed by atoms with Gasteiger partial charge in [-0.2, -0.15) is 18.3 Å². The number of aromatic nitrogens is 3. The zero-order chi connectivity index (χ0) is 23.9. The molecule has 2 N–H and O–H groups in total. The molecule has 0 radical (unpaired) electrons. The van der Waals surface area contributed by atoms with Crippen LogP contribution in [0, 0.1) is 13.8 Å². The van der Waals surface area contributed by atoms with Crippen molar-refractivity contribution < 1.29 is 23.1 Å². The number of rotatable bonds is 4. The zero-order valence-electron chi connectivity index (χ0n) is 17.5. The van der Waals surface area contributed by atoms with Gasteiger partial charge in [-0.15, -0.1) is 0 Å². The lowest BCUT2D eigenvalue weighted by atomic mass is 10.1. The molecule has 0 aliphatic carbocycles. The molecule has 0 aliphatic rings. The number of amides is 1. The van der Waals surface area contributed by atoms with Gasteiger partial charge in [0.25, 0.3) is 5.91 Å². The van der Waals surface area contributed by atoms with Crippen molar-refractivity contribution in [2.75, 3.05) is 5.32 Å². The van der Waals surface area contributed by atoms with E-state index in [1.54, 1.807) is 54.9 Å². The number of benzene rings is 2. The highest BCUT2D eigenvalue weighted by atomic mass is 79.9. The number of phenolic OH excluding ortho intramolecular Hbond substituents is 1. The van der Waals surface area contributed by atoms with E-state index in [0.29, 0.717) is 33.5 Å². The summed E-state index contributed by atoms with van der Waals surface area (Å²) in [5, 5.41) is 16.9. The molecular weight excluding hydrogens is 501 g/mol. The fraction of sp³-hybridized carbons (Fsp3) is 0.174. The summed E-state index contributed by atoms with van der Waals surface area (Å²) in [4.78, 5) is 16.8. The van der Waals surface area contributed by atoms with Crippen LogP contribution in [-0.4, -0.2) is 25.8 Å². The number of nitrogens with one attached hydrogen (secondary N) is 1. The van der Waals surface area contributed by atoms with Gasteiger partial charge in [-0.3, -0.25) is 9.48 Å². The number of carbonyl (C=O) groups is 1. The quantitative estimate of drug-likeness (QED) is 0.356. The van der Waals surface area contributed by atoms with Crippen molar-refractivity contribution in [3.63, 3.8) is 0 Å². The number of pyridine rings is 1. The van der Waals surface area contributed by atoms with E-state index in [9.17, 15) is 23.1 Å². The van der Waals surface area contributed by atoms with Crippen molar-refractivity contribution in [1.29, 1.82) is 0 Å². The summed E-state index contributed by atoms with van der Waals surface area (Å²) in [5.74, 6) is -0.545. The summed E-state index contributed by atoms with van der Waals surface area (Å²) in [6.07, 6.45) is -4.70. The van der Waals surface area contributed by atoms with Crippen LogP contribution in [-0.2, 0) is 12.7 Å². The smallest absolute Gasteiger partial charge is 0.433 e. The highest BCUT2D eigenvalue weighted by Crippen LogP contribution is 2.32. The number of halogens is 4. The van der Waals surface area contributed by atoms with Gasteiger partial charge in [0, 0.05) is 9.86 Å². The van der Waals surface area contributed by atoms with E-state index in [1.165, 1.54) is 6.07 Å². The minimum atomic E-state index is -4.70. The molecule has 0 bridgehead atoms. The van der Waals surface area contributed by atoms with Crippen molar-refractivity contribution in [3.8, 4) is 5.75 Å². The van der Waals surface area contributed by atoms with Crippen LogP contribution in [0.2, 0.25) is 0 Å². The van der Waals surface area contributed by atoms with Gasteiger partial charge >= 0.3 is 6.18 Å². The van der Waals surface area contributed by atoms with Crippen LogP contribution in [0.5, 0.6) is 5.75 Å². The van der Waals surface area contributed by atoms with Gasteiger partial charge in [-0.05, 0) is 55.8 Å². The van der Waals surface area contributed by atoms with E-state index in [-0.39, 0.29) is 16.8 Å². The summed E-state index contributed by atoms with van der Waals surface area (Å²) in [5.41, 5.74) is 1.26. The van der Waals surface area contributed by atoms with Gasteiger partial charge in [0.15, 0.2) is 0 Å². The summed E-state index contributed by atoms with van der Waals surface area (Å²) < 4.78 is 42.5. The van der Waals surface area contributed by atoms with Crippen molar-refractivity contribution >= 4 is 38.4 Å². The number of hydrogen-bond donors (Lipinski definition) is 2. The Balaban J connectivity index is 1.71. The molecule has 10 heteroatoms. The molecule has 0 aliphatic heterocycles. The second-order valence-corrected chi connectivity index (χ2v) is 8.45. The van der Waals surface area contributed by atoms with Crippen LogP contribution >= 0.6 is 15.9 Å². The SMILES string of the molecule is Cc1nn(Cc2ccc(O)cc2)c(C)c1NC(=O)c1cc(C(F)(F)F)nc2ccc(Br)cc12. The molecule has 0 spiro atoms. The number of nitrogens with zero attached hydrogens (tertiary/aromatic N) is 3. The lowest BCUT2D eigenvalue weighted by Gasteiger charge is -2.13. The molecule has 2 heterocycles. The van der Waals surface area contributed by atoms with Crippen molar-refractivity contribution in [2.24, 2.45) is 0 Å². The first kappa shape index (κ1) is 22.8. The van der Waals surface area contributed by atoms with E-state index in [0.717, 1.165) is 11.6 Å². The Labute approximate surface area is 195 Å². The summed E-state index contributed by atoms with van der Waals surface area (Å²) >= 11 is 3.29. The van der Waals surface area contributed by atoms with Crippen LogP contribution in [0.3, 0.4) is 0 Å². The van der Waals surface area contributed by atoms with E-state index in [1.807, 2.05) is 0 Å². The van der Waals surface area contributed by atoms with Crippen molar-refractivity contribution in [3.05, 3.63) is 81.2 Å². The Morgan fingerprint density at radius 2 is 1.82 bits per heavy atom. The Morgan fingerprint density at radius 3 is 2.48 bits per heavy atom. The maximum absolute atomic E-state index is 13.4. The summed E-state index contributed by atoms with van der Waals surface area (Å²) in [6.45, 7) is 3.86. The number of anilines is 1. The van der Waals surface area contributed by atoms with Crippen LogP contribution in [0.15, 0.2) is 53.0 Å². The fourth-order valence-corrected chi connectivity index (χ4v) is 3.88. The third-order valence-corrected chi connectivity index (χ3v) is 5.69. The van der Waals surface area contributed by atoms with Gasteiger partial charge in [0.05, 0.1) is 34.7 Å². The second kappa shape index (κ2) is 8.51. The number of alkyl halides is 3. The molecule has 2 aromatic carbocycles. The number of aryl methyl sites for hydroxylation is 1. The molecular formula is C23H18BrF3N4O2. The van der Waals surface area contributed by atoms with Crippen LogP contribution in [0.4, 0.5) is 18.9 Å². The molecule has 170 valence electrons. The maximum atomic E-state index is 13.4. The second-order valence-electron chi connectivity index (χ2n) is 7.54. The molecule has 0 fully saturated rings. The Kier molecular flexibility index (Phi) is 5.87. The van der Waals surface area contributed by atoms with E-state index in [2.05, 4.69) is 31.3 Å². The Bertz CT molecular complexity index is 1370. The van der Waals surface area contributed by atoms with E-state index < -0.39 is 17.8 Å². The Hall–Kier alpha value is -3.40. The molecule has 33 heavy (non-hydrogen) atoms. The van der Waals surface area contributed by atoms with Crippen LogP contribution in [0.25, 0.3) is 10.9 Å². The van der Waals surface area contributed by atoms with Gasteiger partial charge in [0.2, 0.25) is 0 Å². The van der Waals surface area contributed by atoms with Crippen molar-refractivity contribution in [2.45, 2.75) is 26.6 Å². The molecule has 0 saturated heterocycles. The topological polar surface area (TPSA) is 80.0 Å². The van der Waals surface area contributed by atoms with Gasteiger partial charge < -0.3 is 10.4 Å². The maximum Gasteiger partial charge on any atom is 0.433 e. The number of aromatic hydroxyl groups is 1. The highest BCUT2D eigenvalue weighted by Gasteiger charge is 2.34. The minimum Gasteiger partial charge on any atom is -0.508 e. The predicted octanol–water partition coefficient (Wildman–Crippen LogP) is 5.84. The molecule has 4 rings (SSSR count). The number of hydrogen-bond acceptors (Lipinski definition) is 4. The predicted molar refractivity (Wildman–Crippen MR) is 121 cm³/mol. The molecule has 1 amide bonds. The molecule has 0 saturated carbocycles. The first-order valence-electron chi connectivity index (χ1n) is 9.83. The third-order valence-electron chi connectivity index (χ3n) is 5.19. The average Bonchev–Trinajstić information content (AvgIpc) is 3.01. The van der Waals surface area contributed by atoms with Gasteiger partial charge in [-0.25, -0.2) is 4.98 Å². The standard InChI is InChI=1S/C23H18BrF3N4O2/c1-12-21(13(2)31(30-12)11-14-3-6-16(32)7-4-14)29-22(33)18-10-20(23(25,26)27)28-19-8-5-15(24)9-17(18)19/h3-10,32H,11H2,1-2H3,(H,29,33). The molecule has 0 atom stereocenters. The van der Waals surface area contributed by atoms with Crippen LogP contribution < -0.4 is 5.32 Å². The normalized spacial score (nSPS) is 11.7. The highest BCUT2D eigenvalue weighted by molar-refractivity contribution is 9.10. The summed E-state index contributed by atoms with van der Waals surface area (Å²) in [6, 6.07) is 12.0. The third kappa shape index (κ3) is 4.70.